The Morgan fingerprint density at radius 2 is 1.90 bits per heavy atom. The lowest BCUT2D eigenvalue weighted by Crippen LogP contribution is -2.12. The van der Waals surface area contributed by atoms with E-state index in [0.29, 0.717) is 11.8 Å². The molecule has 112 valence electrons. The molecule has 3 nitrogen and oxygen atoms in total. The van der Waals surface area contributed by atoms with Crippen LogP contribution in [0.4, 0.5) is 0 Å². The van der Waals surface area contributed by atoms with Crippen LogP contribution in [0.1, 0.15) is 43.9 Å². The maximum Gasteiger partial charge on any atom is 0.219 e. The molecular formula is C17H21BrN2O. The first-order valence-corrected chi connectivity index (χ1v) is 7.91. The van der Waals surface area contributed by atoms with E-state index in [1.165, 1.54) is 5.56 Å². The van der Waals surface area contributed by atoms with Gasteiger partial charge in [-0.3, -0.25) is 0 Å². The zero-order chi connectivity index (χ0) is 15.4. The molecule has 0 fully saturated rings. The molecular weight excluding hydrogens is 328 g/mol. The summed E-state index contributed by atoms with van der Waals surface area (Å²) in [6.07, 6.45) is 1.85. The Balaban J connectivity index is 2.22. The zero-order valence-electron chi connectivity index (χ0n) is 12.9. The van der Waals surface area contributed by atoms with Crippen molar-refractivity contribution < 1.29 is 4.74 Å². The highest BCUT2D eigenvalue weighted by molar-refractivity contribution is 9.10. The van der Waals surface area contributed by atoms with Gasteiger partial charge in [0.1, 0.15) is 5.75 Å². The summed E-state index contributed by atoms with van der Waals surface area (Å²) in [6.45, 7) is 6.41. The van der Waals surface area contributed by atoms with Gasteiger partial charge in [0.25, 0.3) is 0 Å². The van der Waals surface area contributed by atoms with Gasteiger partial charge in [0, 0.05) is 22.8 Å². The monoisotopic (exact) mass is 348 g/mol. The Morgan fingerprint density at radius 1 is 1.14 bits per heavy atom. The van der Waals surface area contributed by atoms with Gasteiger partial charge < -0.3 is 10.1 Å². The van der Waals surface area contributed by atoms with Gasteiger partial charge in [0.15, 0.2) is 0 Å². The van der Waals surface area contributed by atoms with E-state index in [0.717, 1.165) is 15.8 Å². The third kappa shape index (κ3) is 4.05. The van der Waals surface area contributed by atoms with Crippen LogP contribution in [-0.2, 0) is 0 Å². The van der Waals surface area contributed by atoms with Crippen molar-refractivity contribution in [3.63, 3.8) is 0 Å². The second-order valence-corrected chi connectivity index (χ2v) is 6.29. The summed E-state index contributed by atoms with van der Waals surface area (Å²) >= 11 is 3.51. The molecule has 0 saturated carbocycles. The minimum absolute atomic E-state index is 0.283. The number of benzene rings is 1. The average molecular weight is 349 g/mol. The fraction of sp³-hybridized carbons (Fsp3) is 0.353. The fourth-order valence-electron chi connectivity index (χ4n) is 2.05. The highest BCUT2D eigenvalue weighted by Crippen LogP contribution is 2.32. The second-order valence-electron chi connectivity index (χ2n) is 5.38. The standard InChI is InChI=1S/C17H21BrN2O/c1-11(2)15-9-14(18)6-7-16(15)21-17-8-5-13(10-20-17)12(3)19-4/h5-12,19H,1-4H3. The number of nitrogens with one attached hydrogen (secondary N) is 1. The first kappa shape index (κ1) is 16.0. The molecule has 0 amide bonds. The zero-order valence-corrected chi connectivity index (χ0v) is 14.4. The quantitative estimate of drug-likeness (QED) is 0.821. The van der Waals surface area contributed by atoms with Crippen LogP contribution in [0.15, 0.2) is 41.0 Å². The van der Waals surface area contributed by atoms with Gasteiger partial charge in [0.05, 0.1) is 0 Å². The van der Waals surface area contributed by atoms with Crippen LogP contribution in [0.5, 0.6) is 11.6 Å². The molecule has 1 atom stereocenters. The summed E-state index contributed by atoms with van der Waals surface area (Å²) in [6, 6.07) is 10.3. The van der Waals surface area contributed by atoms with Crippen molar-refractivity contribution >= 4 is 15.9 Å². The minimum Gasteiger partial charge on any atom is -0.439 e. The smallest absolute Gasteiger partial charge is 0.219 e. The van der Waals surface area contributed by atoms with Crippen LogP contribution >= 0.6 is 15.9 Å². The molecule has 2 aromatic rings. The van der Waals surface area contributed by atoms with Gasteiger partial charge in [-0.2, -0.15) is 0 Å². The number of nitrogens with zero attached hydrogens (tertiary/aromatic N) is 1. The predicted octanol–water partition coefficient (Wildman–Crippen LogP) is 5.04. The molecule has 0 bridgehead atoms. The van der Waals surface area contributed by atoms with Crippen molar-refractivity contribution in [3.05, 3.63) is 52.1 Å². The van der Waals surface area contributed by atoms with Crippen molar-refractivity contribution in [2.75, 3.05) is 7.05 Å². The van der Waals surface area contributed by atoms with E-state index in [1.807, 2.05) is 37.5 Å². The minimum atomic E-state index is 0.283. The third-order valence-corrected chi connectivity index (χ3v) is 3.99. The van der Waals surface area contributed by atoms with Crippen molar-refractivity contribution in [2.45, 2.75) is 32.7 Å². The molecule has 1 aromatic heterocycles. The third-order valence-electron chi connectivity index (χ3n) is 3.50. The molecule has 0 aliphatic rings. The van der Waals surface area contributed by atoms with Gasteiger partial charge in [0.2, 0.25) is 5.88 Å². The van der Waals surface area contributed by atoms with E-state index in [2.05, 4.69) is 53.1 Å². The average Bonchev–Trinajstić information content (AvgIpc) is 2.49. The Bertz CT molecular complexity index is 596. The predicted molar refractivity (Wildman–Crippen MR) is 90.0 cm³/mol. The van der Waals surface area contributed by atoms with Gasteiger partial charge in [-0.05, 0) is 49.2 Å². The Kier molecular flexibility index (Phi) is 5.37. The first-order valence-electron chi connectivity index (χ1n) is 7.11. The second kappa shape index (κ2) is 7.05. The number of halogens is 1. The van der Waals surface area contributed by atoms with Crippen molar-refractivity contribution in [1.82, 2.24) is 10.3 Å². The van der Waals surface area contributed by atoms with E-state index in [-0.39, 0.29) is 6.04 Å². The van der Waals surface area contributed by atoms with E-state index < -0.39 is 0 Å². The lowest BCUT2D eigenvalue weighted by molar-refractivity contribution is 0.453. The SMILES string of the molecule is CNC(C)c1ccc(Oc2ccc(Br)cc2C(C)C)nc1. The molecule has 0 radical (unpaired) electrons. The molecule has 1 aromatic carbocycles. The maximum absolute atomic E-state index is 5.94. The molecule has 0 spiro atoms. The van der Waals surface area contributed by atoms with E-state index >= 15 is 0 Å². The highest BCUT2D eigenvalue weighted by Gasteiger charge is 2.10. The lowest BCUT2D eigenvalue weighted by atomic mass is 10.0. The number of pyridine rings is 1. The maximum atomic E-state index is 5.94. The Hall–Kier alpha value is -1.39. The summed E-state index contributed by atoms with van der Waals surface area (Å²) in [5, 5.41) is 3.19. The summed E-state index contributed by atoms with van der Waals surface area (Å²) in [7, 11) is 1.94. The van der Waals surface area contributed by atoms with Gasteiger partial charge in [-0.25, -0.2) is 4.98 Å². The van der Waals surface area contributed by atoms with E-state index in [1.54, 1.807) is 0 Å². The van der Waals surface area contributed by atoms with Gasteiger partial charge in [-0.1, -0.05) is 35.8 Å². The van der Waals surface area contributed by atoms with Crippen LogP contribution in [0.3, 0.4) is 0 Å². The van der Waals surface area contributed by atoms with Crippen molar-refractivity contribution in [3.8, 4) is 11.6 Å². The molecule has 1 N–H and O–H groups in total. The number of hydrogen-bond donors (Lipinski definition) is 1. The largest absolute Gasteiger partial charge is 0.439 e. The molecule has 4 heteroatoms. The first-order chi connectivity index (χ1) is 10.0. The van der Waals surface area contributed by atoms with Gasteiger partial charge in [-0.15, -0.1) is 0 Å². The van der Waals surface area contributed by atoms with Crippen LogP contribution in [0.25, 0.3) is 0 Å². The molecule has 1 unspecified atom stereocenters. The van der Waals surface area contributed by atoms with Crippen LogP contribution in [-0.4, -0.2) is 12.0 Å². The van der Waals surface area contributed by atoms with E-state index in [4.69, 9.17) is 4.74 Å². The van der Waals surface area contributed by atoms with Crippen LogP contribution < -0.4 is 10.1 Å². The van der Waals surface area contributed by atoms with Crippen LogP contribution in [0, 0.1) is 0 Å². The normalized spacial score (nSPS) is 12.5. The molecule has 2 rings (SSSR count). The number of aromatic nitrogens is 1. The van der Waals surface area contributed by atoms with E-state index in [9.17, 15) is 0 Å². The highest BCUT2D eigenvalue weighted by atomic mass is 79.9. The Labute approximate surface area is 134 Å². The summed E-state index contributed by atoms with van der Waals surface area (Å²) < 4.78 is 7.00. The van der Waals surface area contributed by atoms with Crippen molar-refractivity contribution in [2.24, 2.45) is 0 Å². The molecule has 0 aliphatic heterocycles. The topological polar surface area (TPSA) is 34.1 Å². The number of ether oxygens (including phenoxy) is 1. The summed E-state index contributed by atoms with van der Waals surface area (Å²) in [5.74, 6) is 1.86. The molecule has 1 heterocycles. The Morgan fingerprint density at radius 3 is 2.48 bits per heavy atom. The number of hydrogen-bond acceptors (Lipinski definition) is 3. The fourth-order valence-corrected chi connectivity index (χ4v) is 2.43. The lowest BCUT2D eigenvalue weighted by Gasteiger charge is -2.14. The molecule has 21 heavy (non-hydrogen) atoms. The van der Waals surface area contributed by atoms with Crippen molar-refractivity contribution in [1.29, 1.82) is 0 Å². The van der Waals surface area contributed by atoms with Gasteiger partial charge >= 0.3 is 0 Å². The number of rotatable bonds is 5. The van der Waals surface area contributed by atoms with Crippen LogP contribution in [0.2, 0.25) is 0 Å². The molecule has 0 aliphatic carbocycles. The summed E-state index contributed by atoms with van der Waals surface area (Å²) in [4.78, 5) is 4.39. The molecule has 0 saturated heterocycles. The summed E-state index contributed by atoms with van der Waals surface area (Å²) in [5.41, 5.74) is 2.31.